The number of morpholine rings is 1. The Balaban J connectivity index is 1.64. The summed E-state index contributed by atoms with van der Waals surface area (Å²) in [5.41, 5.74) is 0. The molecule has 1 saturated heterocycles. The molecule has 7 nitrogen and oxygen atoms in total. The van der Waals surface area contributed by atoms with Crippen molar-refractivity contribution in [2.75, 3.05) is 19.7 Å². The van der Waals surface area contributed by atoms with Crippen molar-refractivity contribution < 1.29 is 19.1 Å². The van der Waals surface area contributed by atoms with Gasteiger partial charge in [-0.25, -0.2) is 4.79 Å². The van der Waals surface area contributed by atoms with E-state index in [1.165, 1.54) is 11.3 Å². The van der Waals surface area contributed by atoms with Crippen LogP contribution in [0.2, 0.25) is 0 Å². The molecule has 20 heavy (non-hydrogen) atoms. The van der Waals surface area contributed by atoms with Gasteiger partial charge in [-0.15, -0.1) is 21.5 Å². The lowest BCUT2D eigenvalue weighted by Gasteiger charge is -2.29. The fourth-order valence-electron chi connectivity index (χ4n) is 2.00. The fourth-order valence-corrected chi connectivity index (χ4v) is 2.65. The van der Waals surface area contributed by atoms with Crippen LogP contribution in [0.5, 0.6) is 0 Å². The minimum atomic E-state index is -0.945. The Bertz CT molecular complexity index is 583. The molecule has 1 aliphatic rings. The average Bonchev–Trinajstić information content (AvgIpc) is 3.09. The molecule has 1 aliphatic heterocycles. The van der Waals surface area contributed by atoms with Crippen LogP contribution in [-0.4, -0.2) is 52.0 Å². The molecule has 8 heteroatoms. The van der Waals surface area contributed by atoms with Gasteiger partial charge in [0.05, 0.1) is 18.0 Å². The zero-order valence-corrected chi connectivity index (χ0v) is 11.4. The van der Waals surface area contributed by atoms with E-state index in [9.17, 15) is 4.79 Å². The third-order valence-electron chi connectivity index (χ3n) is 2.98. The largest absolute Gasteiger partial charge is 0.479 e. The Kier molecular flexibility index (Phi) is 3.77. The first-order chi connectivity index (χ1) is 9.72. The van der Waals surface area contributed by atoms with Crippen molar-refractivity contribution in [1.29, 1.82) is 0 Å². The molecule has 3 rings (SSSR count). The van der Waals surface area contributed by atoms with Crippen molar-refractivity contribution in [1.82, 2.24) is 15.1 Å². The number of hydrogen-bond acceptors (Lipinski definition) is 7. The summed E-state index contributed by atoms with van der Waals surface area (Å²) in [6.07, 6.45) is -0.788. The predicted octanol–water partition coefficient (Wildman–Crippen LogP) is 1.08. The number of carboxylic acids is 1. The van der Waals surface area contributed by atoms with Crippen molar-refractivity contribution in [3.05, 3.63) is 23.4 Å². The monoisotopic (exact) mass is 295 g/mol. The second-order valence-electron chi connectivity index (χ2n) is 4.41. The number of hydrogen-bond donors (Lipinski definition) is 1. The van der Waals surface area contributed by atoms with E-state index in [0.29, 0.717) is 38.0 Å². The molecule has 1 atom stereocenters. The molecule has 0 aliphatic carbocycles. The summed E-state index contributed by atoms with van der Waals surface area (Å²) in [5.74, 6) is 0.0389. The summed E-state index contributed by atoms with van der Waals surface area (Å²) >= 11 is 1.53. The summed E-state index contributed by atoms with van der Waals surface area (Å²) in [4.78, 5) is 13.8. The van der Waals surface area contributed by atoms with Gasteiger partial charge in [-0.2, -0.15) is 0 Å². The van der Waals surface area contributed by atoms with E-state index in [4.69, 9.17) is 14.3 Å². The van der Waals surface area contributed by atoms with Crippen LogP contribution < -0.4 is 0 Å². The van der Waals surface area contributed by atoms with Gasteiger partial charge in [0, 0.05) is 13.1 Å². The first-order valence-electron chi connectivity index (χ1n) is 6.15. The third-order valence-corrected chi connectivity index (χ3v) is 3.84. The molecule has 106 valence electrons. The Morgan fingerprint density at radius 2 is 2.45 bits per heavy atom. The lowest BCUT2D eigenvalue weighted by atomic mass is 10.3. The molecule has 1 N–H and O–H groups in total. The highest BCUT2D eigenvalue weighted by molar-refractivity contribution is 7.13. The fraction of sp³-hybridized carbons (Fsp3) is 0.417. The van der Waals surface area contributed by atoms with E-state index in [0.717, 1.165) is 4.88 Å². The highest BCUT2D eigenvalue weighted by atomic mass is 32.1. The van der Waals surface area contributed by atoms with E-state index in [2.05, 4.69) is 10.2 Å². The molecule has 2 aromatic rings. The molecule has 0 spiro atoms. The van der Waals surface area contributed by atoms with Crippen LogP contribution in [0, 0.1) is 0 Å². The van der Waals surface area contributed by atoms with Crippen LogP contribution in [0.15, 0.2) is 21.9 Å². The van der Waals surface area contributed by atoms with Crippen LogP contribution >= 0.6 is 11.3 Å². The van der Waals surface area contributed by atoms with Gasteiger partial charge in [-0.1, -0.05) is 6.07 Å². The number of ether oxygens (including phenoxy) is 1. The molecular formula is C12H13N3O4S. The summed E-state index contributed by atoms with van der Waals surface area (Å²) in [6.45, 7) is 1.81. The van der Waals surface area contributed by atoms with Crippen molar-refractivity contribution in [2.45, 2.75) is 12.6 Å². The molecule has 0 bridgehead atoms. The lowest BCUT2D eigenvalue weighted by Crippen LogP contribution is -2.45. The summed E-state index contributed by atoms with van der Waals surface area (Å²) < 4.78 is 10.8. The van der Waals surface area contributed by atoms with Gasteiger partial charge in [-0.05, 0) is 11.4 Å². The Morgan fingerprint density at radius 3 is 3.20 bits per heavy atom. The Labute approximate surface area is 118 Å². The van der Waals surface area contributed by atoms with Gasteiger partial charge in [0.1, 0.15) is 0 Å². The van der Waals surface area contributed by atoms with E-state index in [-0.39, 0.29) is 0 Å². The van der Waals surface area contributed by atoms with Crippen LogP contribution in [0.4, 0.5) is 0 Å². The zero-order valence-electron chi connectivity index (χ0n) is 10.6. The highest BCUT2D eigenvalue weighted by Crippen LogP contribution is 2.23. The molecule has 0 saturated carbocycles. The molecule has 0 amide bonds. The van der Waals surface area contributed by atoms with E-state index in [1.807, 2.05) is 22.4 Å². The van der Waals surface area contributed by atoms with Crippen LogP contribution in [0.3, 0.4) is 0 Å². The number of thiophene rings is 1. The van der Waals surface area contributed by atoms with E-state index >= 15 is 0 Å². The molecule has 0 radical (unpaired) electrons. The SMILES string of the molecule is O=C(O)C1CN(Cc2nnc(-c3cccs3)o2)CCO1. The van der Waals surface area contributed by atoms with Gasteiger partial charge < -0.3 is 14.3 Å². The van der Waals surface area contributed by atoms with Crippen molar-refractivity contribution >= 4 is 17.3 Å². The van der Waals surface area contributed by atoms with E-state index < -0.39 is 12.1 Å². The smallest absolute Gasteiger partial charge is 0.334 e. The summed E-state index contributed by atoms with van der Waals surface area (Å²) in [5, 5.41) is 18.9. The molecule has 1 fully saturated rings. The van der Waals surface area contributed by atoms with Crippen molar-refractivity contribution in [3.8, 4) is 10.8 Å². The average molecular weight is 295 g/mol. The number of nitrogens with zero attached hydrogens (tertiary/aromatic N) is 3. The number of rotatable bonds is 4. The molecule has 3 heterocycles. The second kappa shape index (κ2) is 5.70. The molecule has 0 aromatic carbocycles. The minimum Gasteiger partial charge on any atom is -0.479 e. The minimum absolute atomic E-state index is 0.325. The Hall–Kier alpha value is -1.77. The number of carbonyl (C=O) groups is 1. The van der Waals surface area contributed by atoms with Gasteiger partial charge in [0.15, 0.2) is 6.10 Å². The van der Waals surface area contributed by atoms with Crippen LogP contribution in [0.25, 0.3) is 10.8 Å². The standard InChI is InChI=1S/C12H13N3O4S/c16-12(17)8-6-15(3-4-18-8)7-10-13-14-11(19-10)9-2-1-5-20-9/h1-2,5,8H,3-4,6-7H2,(H,16,17). The maximum Gasteiger partial charge on any atom is 0.334 e. The van der Waals surface area contributed by atoms with Gasteiger partial charge in [0.25, 0.3) is 5.89 Å². The first kappa shape index (κ1) is 13.2. The number of aromatic nitrogens is 2. The summed E-state index contributed by atoms with van der Waals surface area (Å²) in [7, 11) is 0. The topological polar surface area (TPSA) is 88.7 Å². The first-order valence-corrected chi connectivity index (χ1v) is 7.03. The quantitative estimate of drug-likeness (QED) is 0.902. The van der Waals surface area contributed by atoms with Crippen LogP contribution in [0.1, 0.15) is 5.89 Å². The van der Waals surface area contributed by atoms with E-state index in [1.54, 1.807) is 0 Å². The third kappa shape index (κ3) is 2.87. The van der Waals surface area contributed by atoms with Gasteiger partial charge in [0.2, 0.25) is 5.89 Å². The van der Waals surface area contributed by atoms with Crippen molar-refractivity contribution in [3.63, 3.8) is 0 Å². The number of aliphatic carboxylic acids is 1. The maximum absolute atomic E-state index is 10.9. The lowest BCUT2D eigenvalue weighted by molar-refractivity contribution is -0.156. The van der Waals surface area contributed by atoms with Crippen LogP contribution in [-0.2, 0) is 16.1 Å². The molecule has 2 aromatic heterocycles. The Morgan fingerprint density at radius 1 is 1.55 bits per heavy atom. The zero-order chi connectivity index (χ0) is 13.9. The molecule has 1 unspecified atom stereocenters. The highest BCUT2D eigenvalue weighted by Gasteiger charge is 2.27. The number of carboxylic acid groups (broad SMARTS) is 1. The predicted molar refractivity (Wildman–Crippen MR) is 70.3 cm³/mol. The normalized spacial score (nSPS) is 20.1. The second-order valence-corrected chi connectivity index (χ2v) is 5.36. The van der Waals surface area contributed by atoms with Crippen molar-refractivity contribution in [2.24, 2.45) is 0 Å². The van der Waals surface area contributed by atoms with Gasteiger partial charge in [-0.3, -0.25) is 4.90 Å². The van der Waals surface area contributed by atoms with Gasteiger partial charge >= 0.3 is 5.97 Å². The molecular weight excluding hydrogens is 282 g/mol. The summed E-state index contributed by atoms with van der Waals surface area (Å²) in [6, 6.07) is 3.83. The maximum atomic E-state index is 10.9.